The number of benzene rings is 2. The van der Waals surface area contributed by atoms with Gasteiger partial charge in [-0.3, -0.25) is 0 Å². The summed E-state index contributed by atoms with van der Waals surface area (Å²) in [6.45, 7) is 5.22. The molecule has 2 nitrogen and oxygen atoms in total. The second kappa shape index (κ2) is 4.47. The van der Waals surface area contributed by atoms with Crippen LogP contribution in [-0.4, -0.2) is 7.05 Å². The molecule has 0 aliphatic carbocycles. The van der Waals surface area contributed by atoms with Gasteiger partial charge in [0.05, 0.1) is 0 Å². The summed E-state index contributed by atoms with van der Waals surface area (Å²) in [7, 11) is 2.16. The molecule has 4 rings (SSSR count). The van der Waals surface area contributed by atoms with Crippen molar-refractivity contribution in [1.82, 2.24) is 0 Å². The molecule has 0 aromatic heterocycles. The van der Waals surface area contributed by atoms with E-state index in [2.05, 4.69) is 86.5 Å². The van der Waals surface area contributed by atoms with Crippen molar-refractivity contribution in [2.24, 2.45) is 0 Å². The highest BCUT2D eigenvalue weighted by Gasteiger charge is 2.51. The van der Waals surface area contributed by atoms with Gasteiger partial charge in [-0.25, -0.2) is 0 Å². The molecule has 0 spiro atoms. The van der Waals surface area contributed by atoms with Crippen molar-refractivity contribution in [2.45, 2.75) is 31.6 Å². The average Bonchev–Trinajstić information content (AvgIpc) is 2.96. The van der Waals surface area contributed by atoms with Gasteiger partial charge >= 0.3 is 0 Å². The van der Waals surface area contributed by atoms with E-state index < -0.39 is 0 Å². The number of rotatable bonds is 3. The summed E-state index contributed by atoms with van der Waals surface area (Å²) in [6, 6.07) is 17.1. The van der Waals surface area contributed by atoms with Gasteiger partial charge in [0.1, 0.15) is 11.2 Å². The second-order valence-corrected chi connectivity index (χ2v) is 6.69. The molecule has 0 amide bonds. The molecule has 2 aromatic rings. The summed E-state index contributed by atoms with van der Waals surface area (Å²) in [5.74, 6) is 0. The largest absolute Gasteiger partial charge is 0.370 e. The fourth-order valence-corrected chi connectivity index (χ4v) is 3.84. The van der Waals surface area contributed by atoms with E-state index in [4.69, 9.17) is 4.74 Å². The van der Waals surface area contributed by atoms with E-state index >= 15 is 0 Å². The third-order valence-electron chi connectivity index (χ3n) is 4.89. The fraction of sp³-hybridized carbons (Fsp3) is 0.300. The Hall–Kier alpha value is -2.06. The summed E-state index contributed by atoms with van der Waals surface area (Å²) in [6.07, 6.45) is 4.39. The molecule has 0 saturated carbocycles. The van der Waals surface area contributed by atoms with E-state index in [1.165, 1.54) is 22.4 Å². The average molecular weight is 291 g/mol. The van der Waals surface area contributed by atoms with Crippen molar-refractivity contribution in [3.63, 3.8) is 0 Å². The third-order valence-corrected chi connectivity index (χ3v) is 4.89. The number of hydrogen-bond acceptors (Lipinski definition) is 2. The summed E-state index contributed by atoms with van der Waals surface area (Å²) >= 11 is 0. The van der Waals surface area contributed by atoms with Crippen LogP contribution in [0.25, 0.3) is 0 Å². The lowest BCUT2D eigenvalue weighted by atomic mass is 9.82. The van der Waals surface area contributed by atoms with Crippen LogP contribution in [0.4, 0.5) is 5.69 Å². The van der Waals surface area contributed by atoms with Crippen molar-refractivity contribution in [3.8, 4) is 0 Å². The van der Waals surface area contributed by atoms with Gasteiger partial charge in [-0.15, -0.1) is 0 Å². The van der Waals surface area contributed by atoms with E-state index in [9.17, 15) is 0 Å². The molecule has 2 aliphatic rings. The van der Waals surface area contributed by atoms with Crippen LogP contribution in [0.15, 0.2) is 60.7 Å². The molecule has 2 heteroatoms. The maximum Gasteiger partial charge on any atom is 0.113 e. The van der Waals surface area contributed by atoms with Crippen LogP contribution in [0, 0.1) is 0 Å². The van der Waals surface area contributed by atoms with Gasteiger partial charge in [-0.1, -0.05) is 42.5 Å². The Morgan fingerprint density at radius 3 is 2.41 bits per heavy atom. The monoisotopic (exact) mass is 291 g/mol. The highest BCUT2D eigenvalue weighted by molar-refractivity contribution is 5.66. The summed E-state index contributed by atoms with van der Waals surface area (Å²) in [4.78, 5) is 2.32. The van der Waals surface area contributed by atoms with Gasteiger partial charge in [0.2, 0.25) is 0 Å². The Morgan fingerprint density at radius 1 is 0.909 bits per heavy atom. The zero-order valence-corrected chi connectivity index (χ0v) is 13.3. The van der Waals surface area contributed by atoms with Crippen LogP contribution in [0.2, 0.25) is 0 Å². The fourth-order valence-electron chi connectivity index (χ4n) is 3.84. The maximum absolute atomic E-state index is 6.32. The highest BCUT2D eigenvalue weighted by atomic mass is 16.5. The third kappa shape index (κ3) is 1.84. The van der Waals surface area contributed by atoms with E-state index in [-0.39, 0.29) is 11.2 Å². The zero-order valence-electron chi connectivity index (χ0n) is 13.3. The van der Waals surface area contributed by atoms with Crippen molar-refractivity contribution in [1.29, 1.82) is 0 Å². The van der Waals surface area contributed by atoms with E-state index in [1.54, 1.807) is 0 Å². The Balaban J connectivity index is 1.75. The molecule has 2 unspecified atom stereocenters. The van der Waals surface area contributed by atoms with Gasteiger partial charge in [0.25, 0.3) is 0 Å². The summed E-state index contributed by atoms with van der Waals surface area (Å²) in [5, 5.41) is 0. The van der Waals surface area contributed by atoms with Gasteiger partial charge < -0.3 is 9.64 Å². The number of ether oxygens (including phenoxy) is 1. The molecule has 112 valence electrons. The van der Waals surface area contributed by atoms with Crippen LogP contribution in [0.5, 0.6) is 0 Å². The molecule has 2 aliphatic heterocycles. The molecule has 0 saturated heterocycles. The van der Waals surface area contributed by atoms with Crippen molar-refractivity contribution >= 4 is 5.69 Å². The number of anilines is 1. The van der Waals surface area contributed by atoms with Gasteiger partial charge in [-0.05, 0) is 43.2 Å². The normalized spacial score (nSPS) is 28.0. The van der Waals surface area contributed by atoms with Gasteiger partial charge in [0, 0.05) is 24.8 Å². The quantitative estimate of drug-likeness (QED) is 0.779. The smallest absolute Gasteiger partial charge is 0.113 e. The zero-order chi connectivity index (χ0) is 15.4. The van der Waals surface area contributed by atoms with Crippen molar-refractivity contribution in [2.75, 3.05) is 11.9 Å². The predicted octanol–water partition coefficient (Wildman–Crippen LogP) is 4.35. The minimum Gasteiger partial charge on any atom is -0.370 e. The van der Waals surface area contributed by atoms with Crippen molar-refractivity contribution in [3.05, 3.63) is 77.4 Å². The lowest BCUT2D eigenvalue weighted by Crippen LogP contribution is -2.23. The minimum absolute atomic E-state index is 0.270. The first-order valence-corrected chi connectivity index (χ1v) is 7.81. The lowest BCUT2D eigenvalue weighted by Gasteiger charge is -2.28. The van der Waals surface area contributed by atoms with Gasteiger partial charge in [0.15, 0.2) is 0 Å². The maximum atomic E-state index is 6.32. The molecule has 22 heavy (non-hydrogen) atoms. The first kappa shape index (κ1) is 13.6. The first-order valence-electron chi connectivity index (χ1n) is 7.81. The van der Waals surface area contributed by atoms with Crippen LogP contribution in [0.1, 0.15) is 30.5 Å². The topological polar surface area (TPSA) is 12.5 Å². The Kier molecular flexibility index (Phi) is 2.76. The highest BCUT2D eigenvalue weighted by Crippen LogP contribution is 2.56. The van der Waals surface area contributed by atoms with Crippen LogP contribution < -0.4 is 4.90 Å². The van der Waals surface area contributed by atoms with E-state index in [1.807, 2.05) is 0 Å². The first-order chi connectivity index (χ1) is 10.5. The molecule has 2 aromatic carbocycles. The molecule has 0 radical (unpaired) electrons. The molecule has 2 bridgehead atoms. The van der Waals surface area contributed by atoms with Crippen LogP contribution >= 0.6 is 0 Å². The summed E-state index contributed by atoms with van der Waals surface area (Å²) < 4.78 is 6.32. The minimum atomic E-state index is -0.300. The Morgan fingerprint density at radius 2 is 1.64 bits per heavy atom. The summed E-state index contributed by atoms with van der Waals surface area (Å²) in [5.41, 5.74) is 4.63. The van der Waals surface area contributed by atoms with Gasteiger partial charge in [-0.2, -0.15) is 0 Å². The molecule has 0 fully saturated rings. The van der Waals surface area contributed by atoms with E-state index in [0.717, 1.165) is 6.54 Å². The molecule has 2 heterocycles. The number of fused-ring (bicyclic) bond motifs is 5. The molecular formula is C20H21NO. The molecule has 2 atom stereocenters. The predicted molar refractivity (Wildman–Crippen MR) is 89.9 cm³/mol. The van der Waals surface area contributed by atoms with E-state index in [0.29, 0.717) is 0 Å². The number of hydrogen-bond donors (Lipinski definition) is 0. The standard InChI is InChI=1S/C20H21NO/c1-19-12-13-20(2,22-19)18-16(19)10-7-11-17(18)21(3)14-15-8-5-4-6-9-15/h4-13H,14H2,1-3H3. The Labute approximate surface area is 132 Å². The lowest BCUT2D eigenvalue weighted by molar-refractivity contribution is -0.0493. The van der Waals surface area contributed by atoms with Crippen LogP contribution in [-0.2, 0) is 22.5 Å². The molecular weight excluding hydrogens is 270 g/mol. The van der Waals surface area contributed by atoms with Crippen LogP contribution in [0.3, 0.4) is 0 Å². The Bertz CT molecular complexity index is 752. The second-order valence-electron chi connectivity index (χ2n) is 6.69. The molecule has 0 N–H and O–H groups in total. The number of nitrogens with zero attached hydrogens (tertiary/aromatic N) is 1. The van der Waals surface area contributed by atoms with Crippen molar-refractivity contribution < 1.29 is 4.74 Å². The SMILES string of the molecule is CN(Cc1ccccc1)c1cccc2c1C1(C)C=CC2(C)O1.